The largest absolute Gasteiger partial charge is 0.508 e. The Morgan fingerprint density at radius 3 is 2.16 bits per heavy atom. The lowest BCUT2D eigenvalue weighted by Crippen LogP contribution is -2.04. The molecule has 19 heavy (non-hydrogen) atoms. The Bertz CT molecular complexity index is 579. The fraction of sp³-hybridized carbons (Fsp3) is 0.294. The summed E-state index contributed by atoms with van der Waals surface area (Å²) in [5.74, 6) is 0.348. The Kier molecular flexibility index (Phi) is 3.79. The molecule has 2 nitrogen and oxygen atoms in total. The molecule has 0 fully saturated rings. The zero-order valence-electron chi connectivity index (χ0n) is 12.0. The Morgan fingerprint density at radius 1 is 0.895 bits per heavy atom. The van der Waals surface area contributed by atoms with E-state index in [4.69, 9.17) is 0 Å². The van der Waals surface area contributed by atoms with Crippen molar-refractivity contribution in [2.75, 3.05) is 5.32 Å². The Balaban J connectivity index is 2.21. The average Bonchev–Trinajstić information content (AvgIpc) is 2.32. The third kappa shape index (κ3) is 3.08. The molecule has 0 aliphatic carbocycles. The third-order valence-electron chi connectivity index (χ3n) is 3.37. The molecule has 0 radical (unpaired) electrons. The molecule has 0 saturated carbocycles. The summed E-state index contributed by atoms with van der Waals surface area (Å²) in [6.45, 7) is 9.00. The van der Waals surface area contributed by atoms with E-state index in [1.807, 2.05) is 19.1 Å². The van der Waals surface area contributed by atoms with Crippen LogP contribution in [0.15, 0.2) is 30.3 Å². The molecule has 0 amide bonds. The second kappa shape index (κ2) is 5.35. The van der Waals surface area contributed by atoms with Crippen molar-refractivity contribution in [1.29, 1.82) is 0 Å². The van der Waals surface area contributed by atoms with Gasteiger partial charge in [-0.1, -0.05) is 35.4 Å². The van der Waals surface area contributed by atoms with Crippen molar-refractivity contribution < 1.29 is 5.11 Å². The number of phenolic OH excluding ortho intramolecular Hbond substituents is 1. The quantitative estimate of drug-likeness (QED) is 0.860. The predicted molar refractivity (Wildman–Crippen MR) is 80.8 cm³/mol. The van der Waals surface area contributed by atoms with Crippen LogP contribution in [0.5, 0.6) is 5.75 Å². The van der Waals surface area contributed by atoms with Gasteiger partial charge < -0.3 is 10.4 Å². The van der Waals surface area contributed by atoms with Gasteiger partial charge in [0, 0.05) is 17.8 Å². The molecule has 0 unspecified atom stereocenters. The van der Waals surface area contributed by atoms with E-state index in [1.165, 1.54) is 16.7 Å². The number of aryl methyl sites for hydroxylation is 4. The number of rotatable bonds is 3. The number of benzene rings is 2. The summed E-state index contributed by atoms with van der Waals surface area (Å²) in [4.78, 5) is 0. The molecule has 2 rings (SSSR count). The summed E-state index contributed by atoms with van der Waals surface area (Å²) >= 11 is 0. The number of hydrogen-bond donors (Lipinski definition) is 2. The van der Waals surface area contributed by atoms with Gasteiger partial charge in [-0.15, -0.1) is 0 Å². The molecular weight excluding hydrogens is 234 g/mol. The molecule has 2 aromatic carbocycles. The molecule has 0 saturated heterocycles. The Morgan fingerprint density at radius 2 is 1.53 bits per heavy atom. The lowest BCUT2D eigenvalue weighted by atomic mass is 10.0. The lowest BCUT2D eigenvalue weighted by molar-refractivity contribution is 0.469. The monoisotopic (exact) mass is 255 g/mol. The Labute approximate surface area is 115 Å². The van der Waals surface area contributed by atoms with Gasteiger partial charge >= 0.3 is 0 Å². The minimum Gasteiger partial charge on any atom is -0.508 e. The summed E-state index contributed by atoms with van der Waals surface area (Å²) in [5.41, 5.74) is 7.01. The van der Waals surface area contributed by atoms with E-state index in [2.05, 4.69) is 38.2 Å². The molecule has 2 heteroatoms. The predicted octanol–water partition coefficient (Wildman–Crippen LogP) is 4.24. The second-order valence-electron chi connectivity index (χ2n) is 5.26. The molecule has 2 N–H and O–H groups in total. The first-order valence-corrected chi connectivity index (χ1v) is 6.57. The summed E-state index contributed by atoms with van der Waals surface area (Å²) in [6.07, 6.45) is 0. The molecule has 0 atom stereocenters. The van der Waals surface area contributed by atoms with Gasteiger partial charge in [0.15, 0.2) is 0 Å². The maximum absolute atomic E-state index is 9.86. The van der Waals surface area contributed by atoms with E-state index in [1.54, 1.807) is 6.07 Å². The standard InChI is InChI=1S/C17H21NO/c1-11-5-6-16(19)15(9-11)10-18-17-13(3)7-12(2)8-14(17)4/h5-9,18-19H,10H2,1-4H3. The molecule has 0 aromatic heterocycles. The van der Waals surface area contributed by atoms with Gasteiger partial charge in [0.1, 0.15) is 5.75 Å². The molecule has 0 heterocycles. The molecule has 0 bridgehead atoms. The van der Waals surface area contributed by atoms with Crippen molar-refractivity contribution >= 4 is 5.69 Å². The van der Waals surface area contributed by atoms with E-state index in [9.17, 15) is 5.11 Å². The topological polar surface area (TPSA) is 32.3 Å². The van der Waals surface area contributed by atoms with Gasteiger partial charge in [-0.25, -0.2) is 0 Å². The lowest BCUT2D eigenvalue weighted by Gasteiger charge is -2.15. The van der Waals surface area contributed by atoms with Gasteiger partial charge in [-0.3, -0.25) is 0 Å². The number of anilines is 1. The van der Waals surface area contributed by atoms with Crippen LogP contribution in [0.2, 0.25) is 0 Å². The van der Waals surface area contributed by atoms with Crippen molar-refractivity contribution in [3.05, 3.63) is 58.1 Å². The van der Waals surface area contributed by atoms with E-state index >= 15 is 0 Å². The fourth-order valence-corrected chi connectivity index (χ4v) is 2.50. The van der Waals surface area contributed by atoms with Crippen LogP contribution in [-0.2, 0) is 6.54 Å². The van der Waals surface area contributed by atoms with Gasteiger partial charge in [0.2, 0.25) is 0 Å². The van der Waals surface area contributed by atoms with Crippen molar-refractivity contribution in [1.82, 2.24) is 0 Å². The summed E-state index contributed by atoms with van der Waals surface area (Å²) in [7, 11) is 0. The molecule has 0 spiro atoms. The van der Waals surface area contributed by atoms with Crippen LogP contribution >= 0.6 is 0 Å². The maximum Gasteiger partial charge on any atom is 0.120 e. The zero-order chi connectivity index (χ0) is 14.0. The highest BCUT2D eigenvalue weighted by Gasteiger charge is 2.05. The number of nitrogens with one attached hydrogen (secondary N) is 1. The van der Waals surface area contributed by atoms with Gasteiger partial charge in [0.25, 0.3) is 0 Å². The smallest absolute Gasteiger partial charge is 0.120 e. The third-order valence-corrected chi connectivity index (χ3v) is 3.37. The molecule has 2 aromatic rings. The zero-order valence-corrected chi connectivity index (χ0v) is 12.0. The summed E-state index contributed by atoms with van der Waals surface area (Å²) in [6, 6.07) is 10.0. The number of aromatic hydroxyl groups is 1. The highest BCUT2D eigenvalue weighted by atomic mass is 16.3. The van der Waals surface area contributed by atoms with Crippen LogP contribution in [0.1, 0.15) is 27.8 Å². The second-order valence-corrected chi connectivity index (χ2v) is 5.26. The first kappa shape index (κ1) is 13.5. The van der Waals surface area contributed by atoms with Gasteiger partial charge in [-0.05, 0) is 44.9 Å². The van der Waals surface area contributed by atoms with Crippen molar-refractivity contribution in [2.45, 2.75) is 34.2 Å². The van der Waals surface area contributed by atoms with Crippen molar-refractivity contribution in [3.63, 3.8) is 0 Å². The van der Waals surface area contributed by atoms with E-state index in [0.29, 0.717) is 12.3 Å². The minimum absolute atomic E-state index is 0.348. The maximum atomic E-state index is 9.86. The van der Waals surface area contributed by atoms with Crippen molar-refractivity contribution in [2.24, 2.45) is 0 Å². The van der Waals surface area contributed by atoms with E-state index in [0.717, 1.165) is 16.8 Å². The van der Waals surface area contributed by atoms with Crippen molar-refractivity contribution in [3.8, 4) is 5.75 Å². The van der Waals surface area contributed by atoms with Crippen LogP contribution in [0.4, 0.5) is 5.69 Å². The average molecular weight is 255 g/mol. The normalized spacial score (nSPS) is 10.5. The summed E-state index contributed by atoms with van der Waals surface area (Å²) < 4.78 is 0. The van der Waals surface area contributed by atoms with Crippen LogP contribution < -0.4 is 5.32 Å². The van der Waals surface area contributed by atoms with Crippen LogP contribution in [0.3, 0.4) is 0 Å². The van der Waals surface area contributed by atoms with Crippen LogP contribution in [0.25, 0.3) is 0 Å². The summed E-state index contributed by atoms with van der Waals surface area (Å²) in [5, 5.41) is 13.3. The number of phenols is 1. The SMILES string of the molecule is Cc1cc(C)c(NCc2cc(C)ccc2O)c(C)c1. The first-order chi connectivity index (χ1) is 8.97. The van der Waals surface area contributed by atoms with Crippen LogP contribution in [-0.4, -0.2) is 5.11 Å². The fourth-order valence-electron chi connectivity index (χ4n) is 2.50. The van der Waals surface area contributed by atoms with E-state index < -0.39 is 0 Å². The molecule has 0 aliphatic rings. The molecule has 100 valence electrons. The number of hydrogen-bond acceptors (Lipinski definition) is 2. The van der Waals surface area contributed by atoms with Gasteiger partial charge in [0.05, 0.1) is 0 Å². The highest BCUT2D eigenvalue weighted by Crippen LogP contribution is 2.24. The van der Waals surface area contributed by atoms with Gasteiger partial charge in [-0.2, -0.15) is 0 Å². The highest BCUT2D eigenvalue weighted by molar-refractivity contribution is 5.58. The first-order valence-electron chi connectivity index (χ1n) is 6.57. The minimum atomic E-state index is 0.348. The van der Waals surface area contributed by atoms with E-state index in [-0.39, 0.29) is 0 Å². The Hall–Kier alpha value is -1.96. The molecular formula is C17H21NO. The molecule has 0 aliphatic heterocycles. The van der Waals surface area contributed by atoms with Crippen LogP contribution in [0, 0.1) is 27.7 Å².